The average molecular weight is 680 g/mol. The van der Waals surface area contributed by atoms with Gasteiger partial charge in [-0.2, -0.15) is 0 Å². The number of likely N-dealkylation sites (tertiary alicyclic amines) is 1. The predicted molar refractivity (Wildman–Crippen MR) is 167 cm³/mol. The Labute approximate surface area is 274 Å². The number of primary amides is 1. The molecule has 1 aliphatic heterocycles. The maximum absolute atomic E-state index is 13.7. The molecule has 2 saturated carbocycles. The van der Waals surface area contributed by atoms with Crippen LogP contribution in [0.3, 0.4) is 0 Å². The highest BCUT2D eigenvalue weighted by atomic mass is 32.2. The van der Waals surface area contributed by atoms with Crippen LogP contribution < -0.4 is 15.8 Å². The van der Waals surface area contributed by atoms with E-state index in [4.69, 9.17) is 19.7 Å². The zero-order valence-corrected chi connectivity index (χ0v) is 28.0. The van der Waals surface area contributed by atoms with E-state index in [-0.39, 0.29) is 36.9 Å². The lowest BCUT2D eigenvalue weighted by Gasteiger charge is -2.28. The number of nitrogens with zero attached hydrogens (tertiary/aromatic N) is 2. The Morgan fingerprint density at radius 3 is 2.49 bits per heavy atom. The molecule has 0 unspecified atom stereocenters. The summed E-state index contributed by atoms with van der Waals surface area (Å²) in [5.41, 5.74) is 4.77. The van der Waals surface area contributed by atoms with Crippen LogP contribution in [-0.4, -0.2) is 83.8 Å². The molecule has 47 heavy (non-hydrogen) atoms. The Balaban J connectivity index is 1.27. The van der Waals surface area contributed by atoms with Crippen molar-refractivity contribution in [2.75, 3.05) is 6.54 Å². The van der Waals surface area contributed by atoms with Gasteiger partial charge < -0.3 is 29.9 Å². The Morgan fingerprint density at radius 2 is 1.87 bits per heavy atom. The summed E-state index contributed by atoms with van der Waals surface area (Å²) in [5.74, 6) is -2.40. The molecule has 0 bridgehead atoms. The highest BCUT2D eigenvalue weighted by Crippen LogP contribution is 2.40. The van der Waals surface area contributed by atoms with E-state index in [9.17, 15) is 32.4 Å². The summed E-state index contributed by atoms with van der Waals surface area (Å²) in [7, 11) is -3.54. The summed E-state index contributed by atoms with van der Waals surface area (Å²) in [6.07, 6.45) is 7.13. The molecule has 260 valence electrons. The Kier molecular flexibility index (Phi) is 11.4. The van der Waals surface area contributed by atoms with Crippen LogP contribution in [0.2, 0.25) is 0 Å². The minimum Gasteiger partial charge on any atom is -0.456 e. The number of esters is 1. The number of allylic oxidation sites excluding steroid dienone is 2. The van der Waals surface area contributed by atoms with Gasteiger partial charge in [0.25, 0.3) is 0 Å². The molecule has 4 amide bonds. The van der Waals surface area contributed by atoms with E-state index in [2.05, 4.69) is 15.2 Å². The number of carbonyl (C=O) groups excluding carboxylic acids is 5. The number of nitrogens with one attached hydrogen (secondary N) is 2. The molecule has 4 rings (SSSR count). The first-order chi connectivity index (χ1) is 22.0. The minimum atomic E-state index is -3.54. The van der Waals surface area contributed by atoms with E-state index < -0.39 is 68.8 Å². The lowest BCUT2D eigenvalue weighted by molar-refractivity contribution is -0.139. The molecule has 3 fully saturated rings. The molecule has 0 spiro atoms. The van der Waals surface area contributed by atoms with Crippen molar-refractivity contribution in [2.24, 2.45) is 17.6 Å². The van der Waals surface area contributed by atoms with Crippen molar-refractivity contribution < 1.29 is 46.4 Å². The van der Waals surface area contributed by atoms with Gasteiger partial charge in [-0.15, -0.1) is 0 Å². The van der Waals surface area contributed by atoms with Gasteiger partial charge in [0, 0.05) is 18.4 Å². The molecule has 1 aromatic rings. The van der Waals surface area contributed by atoms with Gasteiger partial charge >= 0.3 is 12.1 Å². The third-order valence-corrected chi connectivity index (χ3v) is 9.94. The number of aryl methyl sites for hydroxylation is 1. The molecule has 0 radical (unpaired) electrons. The van der Waals surface area contributed by atoms with Gasteiger partial charge in [0.1, 0.15) is 29.5 Å². The number of amides is 4. The number of rotatable bonds is 15. The summed E-state index contributed by atoms with van der Waals surface area (Å²) in [6, 6.07) is -0.656. The maximum atomic E-state index is 13.7. The predicted octanol–water partition coefficient (Wildman–Crippen LogP) is 2.24. The molecule has 15 nitrogen and oxygen atoms in total. The fourth-order valence-electron chi connectivity index (χ4n) is 5.44. The molecule has 16 heteroatoms. The summed E-state index contributed by atoms with van der Waals surface area (Å²) < 4.78 is 41.9. The van der Waals surface area contributed by atoms with Crippen LogP contribution in [0.25, 0.3) is 0 Å². The second kappa shape index (κ2) is 14.9. The lowest BCUT2D eigenvalue weighted by Crippen LogP contribution is -2.53. The van der Waals surface area contributed by atoms with E-state index in [1.165, 1.54) is 11.0 Å². The van der Waals surface area contributed by atoms with Gasteiger partial charge in [-0.1, -0.05) is 30.2 Å². The first-order valence-electron chi connectivity index (χ1n) is 16.0. The average Bonchev–Trinajstić information content (AvgIpc) is 3.88. The van der Waals surface area contributed by atoms with Crippen molar-refractivity contribution in [3.8, 4) is 0 Å². The number of hydrogen-bond acceptors (Lipinski definition) is 11. The molecular formula is C31H45N5O10S. The molecular weight excluding hydrogens is 634 g/mol. The van der Waals surface area contributed by atoms with E-state index in [1.807, 2.05) is 12.2 Å². The highest BCUT2D eigenvalue weighted by Gasteiger charge is 2.45. The quantitative estimate of drug-likeness (QED) is 0.139. The molecule has 2 heterocycles. The van der Waals surface area contributed by atoms with Crippen LogP contribution >= 0.6 is 0 Å². The van der Waals surface area contributed by atoms with Crippen LogP contribution in [0.4, 0.5) is 4.79 Å². The van der Waals surface area contributed by atoms with Crippen molar-refractivity contribution in [2.45, 2.75) is 115 Å². The van der Waals surface area contributed by atoms with Gasteiger partial charge in [0.2, 0.25) is 27.7 Å². The van der Waals surface area contributed by atoms with Gasteiger partial charge in [-0.25, -0.2) is 18.0 Å². The number of nitrogens with two attached hydrogens (primary N) is 1. The van der Waals surface area contributed by atoms with Gasteiger partial charge in [-0.05, 0) is 72.1 Å². The second-order valence-electron chi connectivity index (χ2n) is 13.5. The van der Waals surface area contributed by atoms with Crippen molar-refractivity contribution >= 4 is 39.8 Å². The summed E-state index contributed by atoms with van der Waals surface area (Å²) in [4.78, 5) is 64.7. The number of hydrogen-bond donors (Lipinski definition) is 3. The van der Waals surface area contributed by atoms with Gasteiger partial charge in [-0.3, -0.25) is 19.1 Å². The minimum absolute atomic E-state index is 0.00498. The van der Waals surface area contributed by atoms with E-state index in [0.717, 1.165) is 19.3 Å². The third-order valence-electron chi connectivity index (χ3n) is 8.10. The number of aromatic nitrogens is 1. The molecule has 4 N–H and O–H groups in total. The number of alkyl carbamates (subject to hydrolysis) is 1. The van der Waals surface area contributed by atoms with Crippen LogP contribution in [0, 0.1) is 18.8 Å². The number of sulfonamides is 1. The smallest absolute Gasteiger partial charge is 0.408 e. The third kappa shape index (κ3) is 10.5. The maximum Gasteiger partial charge on any atom is 0.408 e. The number of carbonyl (C=O) groups is 5. The lowest BCUT2D eigenvalue weighted by atomic mass is 10.0. The van der Waals surface area contributed by atoms with Crippen molar-refractivity contribution in [1.29, 1.82) is 0 Å². The Morgan fingerprint density at radius 1 is 1.15 bits per heavy atom. The molecule has 0 aromatic carbocycles. The number of unbranched alkanes of at least 4 members (excludes halogenated alkanes) is 3. The van der Waals surface area contributed by atoms with Crippen LogP contribution in [0.1, 0.15) is 94.8 Å². The van der Waals surface area contributed by atoms with Crippen molar-refractivity contribution in [3.05, 3.63) is 29.7 Å². The summed E-state index contributed by atoms with van der Waals surface area (Å²) in [6.45, 7) is 6.61. The molecule has 5 atom stereocenters. The Hall–Kier alpha value is -3.95. The molecule has 2 aliphatic carbocycles. The van der Waals surface area contributed by atoms with Crippen LogP contribution in [0.15, 0.2) is 22.7 Å². The SMILES string of the molecule is Cc1cc(C(=O)O[C@@H]2C[C@@H](C(N)=O)N(C(=O)[C@H](CCCCC/C=C\[C@@H]3C[C@@H]3C(=O)NS(=O)(=O)C3CC3)NC(=O)OC(C)(C)C)C2)no1. The fourth-order valence-corrected chi connectivity index (χ4v) is 6.80. The second-order valence-corrected chi connectivity index (χ2v) is 15.4. The first-order valence-corrected chi connectivity index (χ1v) is 17.5. The van der Waals surface area contributed by atoms with Crippen molar-refractivity contribution in [1.82, 2.24) is 20.1 Å². The van der Waals surface area contributed by atoms with Crippen LogP contribution in [0.5, 0.6) is 0 Å². The first kappa shape index (κ1) is 35.9. The molecule has 1 aromatic heterocycles. The van der Waals surface area contributed by atoms with E-state index >= 15 is 0 Å². The van der Waals surface area contributed by atoms with Crippen LogP contribution in [-0.2, 0) is 33.9 Å². The van der Waals surface area contributed by atoms with Gasteiger partial charge in [0.15, 0.2) is 5.69 Å². The highest BCUT2D eigenvalue weighted by molar-refractivity contribution is 7.90. The van der Waals surface area contributed by atoms with E-state index in [0.29, 0.717) is 31.4 Å². The molecule has 3 aliphatic rings. The fraction of sp³-hybridized carbons (Fsp3) is 0.677. The molecule has 1 saturated heterocycles. The largest absolute Gasteiger partial charge is 0.456 e. The zero-order valence-electron chi connectivity index (χ0n) is 27.2. The zero-order chi connectivity index (χ0) is 34.5. The number of ether oxygens (including phenoxy) is 2. The standard InChI is InChI=1S/C31H45N5O10S/c1-18-14-24(34-46-18)29(40)44-20-16-25(26(32)37)36(17-20)28(39)23(33-30(41)45-31(2,3)4)11-9-7-5-6-8-10-19-15-22(19)27(38)35-47(42,43)21-12-13-21/h8,10,14,19-23,25H,5-7,9,11-13,15-17H2,1-4H3,(H2,32,37)(H,33,41)(H,35,38)/b10-8-/t19-,20-,22+,23+,25+/m1/s1. The monoisotopic (exact) mass is 679 g/mol. The van der Waals surface area contributed by atoms with Gasteiger partial charge in [0.05, 0.1) is 11.8 Å². The summed E-state index contributed by atoms with van der Waals surface area (Å²) in [5, 5.41) is 5.83. The van der Waals surface area contributed by atoms with E-state index in [1.54, 1.807) is 27.7 Å². The summed E-state index contributed by atoms with van der Waals surface area (Å²) >= 11 is 0. The topological polar surface area (TPSA) is 217 Å². The van der Waals surface area contributed by atoms with Crippen molar-refractivity contribution in [3.63, 3.8) is 0 Å². The Bertz CT molecular complexity index is 1480. The normalized spacial score (nSPS) is 23.3.